The van der Waals surface area contributed by atoms with E-state index in [-0.39, 0.29) is 0 Å². The predicted molar refractivity (Wildman–Crippen MR) is 80.8 cm³/mol. The number of methoxy groups -OCH3 is 1. The zero-order valence-corrected chi connectivity index (χ0v) is 11.9. The summed E-state index contributed by atoms with van der Waals surface area (Å²) in [5.74, 6) is 0.936. The minimum absolute atomic E-state index is 0.936. The van der Waals surface area contributed by atoms with Gasteiger partial charge < -0.3 is 10.1 Å². The van der Waals surface area contributed by atoms with E-state index in [9.17, 15) is 0 Å². The summed E-state index contributed by atoms with van der Waals surface area (Å²) in [5, 5.41) is 3.18. The average molecular weight is 255 g/mol. The lowest BCUT2D eigenvalue weighted by molar-refractivity contribution is 0.416. The first kappa shape index (κ1) is 13.6. The zero-order valence-electron chi connectivity index (χ0n) is 11.9. The van der Waals surface area contributed by atoms with Gasteiger partial charge in [-0.1, -0.05) is 36.4 Å². The molecule has 0 saturated carbocycles. The second kappa shape index (κ2) is 6.39. The van der Waals surface area contributed by atoms with E-state index in [1.54, 1.807) is 7.11 Å². The highest BCUT2D eigenvalue weighted by molar-refractivity contribution is 5.71. The molecule has 19 heavy (non-hydrogen) atoms. The molecule has 2 aromatic carbocycles. The van der Waals surface area contributed by atoms with Crippen molar-refractivity contribution in [2.45, 2.75) is 13.3 Å². The number of hydrogen-bond donors (Lipinski definition) is 1. The Morgan fingerprint density at radius 3 is 2.68 bits per heavy atom. The summed E-state index contributed by atoms with van der Waals surface area (Å²) >= 11 is 0. The van der Waals surface area contributed by atoms with Gasteiger partial charge in [-0.2, -0.15) is 0 Å². The van der Waals surface area contributed by atoms with Gasteiger partial charge in [-0.25, -0.2) is 0 Å². The van der Waals surface area contributed by atoms with Crippen LogP contribution in [0.1, 0.15) is 11.1 Å². The maximum Gasteiger partial charge on any atom is 0.126 e. The van der Waals surface area contributed by atoms with E-state index in [4.69, 9.17) is 4.74 Å². The summed E-state index contributed by atoms with van der Waals surface area (Å²) in [7, 11) is 3.70. The average Bonchev–Trinajstić information content (AvgIpc) is 2.45. The third-order valence-electron chi connectivity index (χ3n) is 3.26. The first-order valence-corrected chi connectivity index (χ1v) is 6.63. The van der Waals surface area contributed by atoms with Gasteiger partial charge in [0, 0.05) is 5.56 Å². The molecule has 1 N–H and O–H groups in total. The van der Waals surface area contributed by atoms with Gasteiger partial charge in [0.1, 0.15) is 5.75 Å². The molecule has 0 spiro atoms. The molecule has 0 aliphatic rings. The third-order valence-corrected chi connectivity index (χ3v) is 3.26. The van der Waals surface area contributed by atoms with E-state index in [2.05, 4.69) is 54.7 Å². The molecule has 0 radical (unpaired) electrons. The molecule has 0 atom stereocenters. The smallest absolute Gasteiger partial charge is 0.126 e. The molecule has 2 rings (SSSR count). The number of nitrogens with one attached hydrogen (secondary N) is 1. The lowest BCUT2D eigenvalue weighted by atomic mass is 10.00. The normalized spacial score (nSPS) is 10.5. The first-order chi connectivity index (χ1) is 9.24. The van der Waals surface area contributed by atoms with Crippen LogP contribution in [0, 0.1) is 6.92 Å². The van der Waals surface area contributed by atoms with Gasteiger partial charge in [0.25, 0.3) is 0 Å². The van der Waals surface area contributed by atoms with Crippen LogP contribution >= 0.6 is 0 Å². The zero-order chi connectivity index (χ0) is 13.7. The SMILES string of the molecule is CNCCc1cccc(-c2ccc(C)cc2OC)c1. The quantitative estimate of drug-likeness (QED) is 0.883. The number of hydrogen-bond acceptors (Lipinski definition) is 2. The number of rotatable bonds is 5. The molecule has 2 heteroatoms. The largest absolute Gasteiger partial charge is 0.496 e. The molecule has 2 nitrogen and oxygen atoms in total. The number of aryl methyl sites for hydroxylation is 1. The summed E-state index contributed by atoms with van der Waals surface area (Å²) in [6.07, 6.45) is 1.04. The Balaban J connectivity index is 2.35. The molecule has 100 valence electrons. The molecule has 0 unspecified atom stereocenters. The van der Waals surface area contributed by atoms with Crippen molar-refractivity contribution in [2.24, 2.45) is 0 Å². The monoisotopic (exact) mass is 255 g/mol. The number of benzene rings is 2. The number of ether oxygens (including phenoxy) is 1. The van der Waals surface area contributed by atoms with E-state index in [1.165, 1.54) is 16.7 Å². The van der Waals surface area contributed by atoms with Crippen LogP contribution in [-0.4, -0.2) is 20.7 Å². The molecule has 0 heterocycles. The topological polar surface area (TPSA) is 21.3 Å². The van der Waals surface area contributed by atoms with Gasteiger partial charge in [0.2, 0.25) is 0 Å². The molecule has 0 aliphatic heterocycles. The summed E-state index contributed by atoms with van der Waals surface area (Å²) in [4.78, 5) is 0. The predicted octanol–water partition coefficient (Wildman–Crippen LogP) is 3.43. The molecule has 0 aromatic heterocycles. The highest BCUT2D eigenvalue weighted by atomic mass is 16.5. The van der Waals surface area contributed by atoms with Crippen molar-refractivity contribution in [1.82, 2.24) is 5.32 Å². The molecule has 0 bridgehead atoms. The Hall–Kier alpha value is -1.80. The molecule has 0 saturated heterocycles. The van der Waals surface area contributed by atoms with Crippen LogP contribution in [-0.2, 0) is 6.42 Å². The van der Waals surface area contributed by atoms with Crippen LogP contribution in [0.2, 0.25) is 0 Å². The third kappa shape index (κ3) is 3.36. The highest BCUT2D eigenvalue weighted by Crippen LogP contribution is 2.31. The Kier molecular flexibility index (Phi) is 4.58. The van der Waals surface area contributed by atoms with Crippen LogP contribution in [0.3, 0.4) is 0 Å². The summed E-state index contributed by atoms with van der Waals surface area (Å²) < 4.78 is 5.49. The molecule has 0 amide bonds. The lowest BCUT2D eigenvalue weighted by Gasteiger charge is -2.11. The van der Waals surface area contributed by atoms with Gasteiger partial charge in [-0.15, -0.1) is 0 Å². The maximum atomic E-state index is 5.49. The van der Waals surface area contributed by atoms with Crippen molar-refractivity contribution in [3.63, 3.8) is 0 Å². The molecular formula is C17H21NO. The van der Waals surface area contributed by atoms with Crippen LogP contribution in [0.25, 0.3) is 11.1 Å². The van der Waals surface area contributed by atoms with Gasteiger partial charge in [-0.05, 0) is 49.7 Å². The van der Waals surface area contributed by atoms with Crippen LogP contribution in [0.15, 0.2) is 42.5 Å². The van der Waals surface area contributed by atoms with Crippen molar-refractivity contribution in [3.8, 4) is 16.9 Å². The Labute approximate surface area is 115 Å². The van der Waals surface area contributed by atoms with Gasteiger partial charge in [-0.3, -0.25) is 0 Å². The van der Waals surface area contributed by atoms with Crippen LogP contribution in [0.5, 0.6) is 5.75 Å². The van der Waals surface area contributed by atoms with Crippen molar-refractivity contribution >= 4 is 0 Å². The fourth-order valence-electron chi connectivity index (χ4n) is 2.20. The summed E-state index contributed by atoms with van der Waals surface area (Å²) in [6, 6.07) is 15.0. The van der Waals surface area contributed by atoms with E-state index < -0.39 is 0 Å². The molecule has 0 aliphatic carbocycles. The second-order valence-electron chi connectivity index (χ2n) is 4.76. The van der Waals surface area contributed by atoms with Crippen molar-refractivity contribution in [1.29, 1.82) is 0 Å². The van der Waals surface area contributed by atoms with E-state index in [0.717, 1.165) is 24.3 Å². The number of likely N-dealkylation sites (N-methyl/N-ethyl adjacent to an activating group) is 1. The molecule has 2 aromatic rings. The second-order valence-corrected chi connectivity index (χ2v) is 4.76. The van der Waals surface area contributed by atoms with Crippen molar-refractivity contribution in [3.05, 3.63) is 53.6 Å². The lowest BCUT2D eigenvalue weighted by Crippen LogP contribution is -2.10. The van der Waals surface area contributed by atoms with E-state index in [0.29, 0.717) is 0 Å². The van der Waals surface area contributed by atoms with Crippen molar-refractivity contribution < 1.29 is 4.74 Å². The first-order valence-electron chi connectivity index (χ1n) is 6.63. The van der Waals surface area contributed by atoms with Gasteiger partial charge >= 0.3 is 0 Å². The summed E-state index contributed by atoms with van der Waals surface area (Å²) in [5.41, 5.74) is 4.92. The van der Waals surface area contributed by atoms with Crippen LogP contribution in [0.4, 0.5) is 0 Å². The standard InChI is InChI=1S/C17H21NO/c1-13-7-8-16(17(11-13)19-3)15-6-4-5-14(12-15)9-10-18-2/h4-8,11-12,18H,9-10H2,1-3H3. The summed E-state index contributed by atoms with van der Waals surface area (Å²) in [6.45, 7) is 3.07. The minimum Gasteiger partial charge on any atom is -0.496 e. The maximum absolute atomic E-state index is 5.49. The van der Waals surface area contributed by atoms with Crippen molar-refractivity contribution in [2.75, 3.05) is 20.7 Å². The minimum atomic E-state index is 0.936. The Morgan fingerprint density at radius 2 is 1.95 bits per heavy atom. The fourth-order valence-corrected chi connectivity index (χ4v) is 2.20. The molecule has 0 fully saturated rings. The van der Waals surface area contributed by atoms with Gasteiger partial charge in [0.05, 0.1) is 7.11 Å². The fraction of sp³-hybridized carbons (Fsp3) is 0.294. The van der Waals surface area contributed by atoms with Gasteiger partial charge in [0.15, 0.2) is 0 Å². The van der Waals surface area contributed by atoms with E-state index >= 15 is 0 Å². The van der Waals surface area contributed by atoms with E-state index in [1.807, 2.05) is 7.05 Å². The highest BCUT2D eigenvalue weighted by Gasteiger charge is 2.06. The Bertz CT molecular complexity index is 549. The van der Waals surface area contributed by atoms with Crippen LogP contribution < -0.4 is 10.1 Å². The molecular weight excluding hydrogens is 234 g/mol. The Morgan fingerprint density at radius 1 is 1.11 bits per heavy atom.